The Balaban J connectivity index is 1.68. The van der Waals surface area contributed by atoms with Gasteiger partial charge in [-0.15, -0.1) is 0 Å². The largest absolute Gasteiger partial charge is 0.488 e. The number of aryl methyl sites for hydroxylation is 2. The highest BCUT2D eigenvalue weighted by Crippen LogP contribution is 2.27. The molecule has 4 heteroatoms. The zero-order valence-electron chi connectivity index (χ0n) is 14.7. The van der Waals surface area contributed by atoms with Crippen LogP contribution in [-0.2, 0) is 6.61 Å². The fraction of sp³-hybridized carbons (Fsp3) is 0.136. The summed E-state index contributed by atoms with van der Waals surface area (Å²) in [6.45, 7) is 4.48. The first-order chi connectivity index (χ1) is 12.5. The number of ether oxygens (including phenoxy) is 1. The first kappa shape index (κ1) is 18.3. The molecular weight excluding hydrogens is 393 g/mol. The van der Waals surface area contributed by atoms with Gasteiger partial charge in [-0.25, -0.2) is 4.39 Å². The van der Waals surface area contributed by atoms with Gasteiger partial charge in [-0.1, -0.05) is 18.2 Å². The van der Waals surface area contributed by atoms with Gasteiger partial charge < -0.3 is 4.74 Å². The molecule has 0 atom stereocenters. The van der Waals surface area contributed by atoms with Gasteiger partial charge in [-0.05, 0) is 94.5 Å². The van der Waals surface area contributed by atoms with E-state index >= 15 is 0 Å². The van der Waals surface area contributed by atoms with Crippen molar-refractivity contribution in [3.05, 3.63) is 93.2 Å². The molecule has 0 saturated heterocycles. The number of nitrogens with zero attached hydrogens (tertiary/aromatic N) is 1. The van der Waals surface area contributed by atoms with E-state index in [0.29, 0.717) is 12.4 Å². The number of benzene rings is 3. The summed E-state index contributed by atoms with van der Waals surface area (Å²) in [5, 5.41) is 0. The zero-order valence-corrected chi connectivity index (χ0v) is 16.3. The van der Waals surface area contributed by atoms with Crippen LogP contribution in [0.4, 0.5) is 10.1 Å². The van der Waals surface area contributed by atoms with Crippen molar-refractivity contribution in [3.8, 4) is 5.75 Å². The molecule has 0 aliphatic heterocycles. The minimum Gasteiger partial charge on any atom is -0.488 e. The molecule has 26 heavy (non-hydrogen) atoms. The molecule has 132 valence electrons. The fourth-order valence-corrected chi connectivity index (χ4v) is 2.97. The van der Waals surface area contributed by atoms with Crippen LogP contribution in [0.5, 0.6) is 5.75 Å². The molecule has 0 amide bonds. The zero-order chi connectivity index (χ0) is 18.5. The Morgan fingerprint density at radius 2 is 1.85 bits per heavy atom. The highest BCUT2D eigenvalue weighted by Gasteiger charge is 2.03. The molecule has 0 bridgehead atoms. The monoisotopic (exact) mass is 411 g/mol. The third-order valence-electron chi connectivity index (χ3n) is 4.09. The van der Waals surface area contributed by atoms with E-state index in [4.69, 9.17) is 4.74 Å². The van der Waals surface area contributed by atoms with E-state index in [-0.39, 0.29) is 5.82 Å². The van der Waals surface area contributed by atoms with Crippen LogP contribution in [0.25, 0.3) is 0 Å². The van der Waals surface area contributed by atoms with Crippen molar-refractivity contribution in [2.45, 2.75) is 20.5 Å². The summed E-state index contributed by atoms with van der Waals surface area (Å²) < 4.78 is 19.8. The Labute approximate surface area is 161 Å². The lowest BCUT2D eigenvalue weighted by molar-refractivity contribution is 0.303. The summed E-state index contributed by atoms with van der Waals surface area (Å²) in [5.74, 6) is 0.445. The first-order valence-electron chi connectivity index (χ1n) is 8.29. The highest BCUT2D eigenvalue weighted by atomic mass is 79.9. The lowest BCUT2D eigenvalue weighted by Gasteiger charge is -2.09. The Kier molecular flexibility index (Phi) is 5.84. The molecule has 3 aromatic carbocycles. The summed E-state index contributed by atoms with van der Waals surface area (Å²) in [5.41, 5.74) is 5.16. The lowest BCUT2D eigenvalue weighted by Crippen LogP contribution is -1.97. The Hall–Kier alpha value is -2.46. The Morgan fingerprint density at radius 3 is 2.58 bits per heavy atom. The minimum absolute atomic E-state index is 0.261. The number of halogens is 2. The molecule has 3 rings (SSSR count). The summed E-state index contributed by atoms with van der Waals surface area (Å²) in [4.78, 5) is 4.52. The SMILES string of the molecule is Cc1ccc(N=Cc2ccc(OCc3cccc(F)c3)c(Br)c2)cc1C. The van der Waals surface area contributed by atoms with Crippen molar-refractivity contribution in [1.29, 1.82) is 0 Å². The van der Waals surface area contributed by atoms with Crippen molar-refractivity contribution in [2.75, 3.05) is 0 Å². The topological polar surface area (TPSA) is 21.6 Å². The maximum absolute atomic E-state index is 13.2. The smallest absolute Gasteiger partial charge is 0.134 e. The van der Waals surface area contributed by atoms with Crippen LogP contribution in [0.3, 0.4) is 0 Å². The maximum atomic E-state index is 13.2. The molecule has 0 aromatic heterocycles. The number of aliphatic imine (C=N–C) groups is 1. The molecule has 0 fully saturated rings. The second kappa shape index (κ2) is 8.28. The van der Waals surface area contributed by atoms with E-state index in [0.717, 1.165) is 21.3 Å². The second-order valence-corrected chi connectivity index (χ2v) is 6.99. The molecule has 0 unspecified atom stereocenters. The van der Waals surface area contributed by atoms with E-state index in [1.54, 1.807) is 6.07 Å². The quantitative estimate of drug-likeness (QED) is 0.437. The van der Waals surface area contributed by atoms with Crippen molar-refractivity contribution in [3.63, 3.8) is 0 Å². The van der Waals surface area contributed by atoms with E-state index in [1.165, 1.54) is 23.3 Å². The van der Waals surface area contributed by atoms with E-state index in [9.17, 15) is 4.39 Å². The fourth-order valence-electron chi connectivity index (χ4n) is 2.46. The van der Waals surface area contributed by atoms with Gasteiger partial charge in [0.05, 0.1) is 10.2 Å². The van der Waals surface area contributed by atoms with Gasteiger partial charge in [0.15, 0.2) is 0 Å². The summed E-state index contributed by atoms with van der Waals surface area (Å²) in [7, 11) is 0. The molecule has 0 aliphatic rings. The minimum atomic E-state index is -0.261. The van der Waals surface area contributed by atoms with Crippen LogP contribution >= 0.6 is 15.9 Å². The van der Waals surface area contributed by atoms with Gasteiger partial charge in [0.25, 0.3) is 0 Å². The highest BCUT2D eigenvalue weighted by molar-refractivity contribution is 9.10. The van der Waals surface area contributed by atoms with Crippen LogP contribution in [-0.4, -0.2) is 6.21 Å². The van der Waals surface area contributed by atoms with Gasteiger partial charge in [0.1, 0.15) is 18.2 Å². The van der Waals surface area contributed by atoms with Crippen molar-refractivity contribution >= 4 is 27.8 Å². The Bertz CT molecular complexity index is 953. The van der Waals surface area contributed by atoms with Gasteiger partial charge in [-0.2, -0.15) is 0 Å². The molecular formula is C22H19BrFNO. The third-order valence-corrected chi connectivity index (χ3v) is 4.71. The van der Waals surface area contributed by atoms with Gasteiger partial charge in [0, 0.05) is 6.21 Å². The van der Waals surface area contributed by atoms with Crippen LogP contribution in [0.15, 0.2) is 70.1 Å². The van der Waals surface area contributed by atoms with Crippen LogP contribution in [0, 0.1) is 19.7 Å². The molecule has 0 radical (unpaired) electrons. The van der Waals surface area contributed by atoms with Gasteiger partial charge >= 0.3 is 0 Å². The van der Waals surface area contributed by atoms with Crippen molar-refractivity contribution in [2.24, 2.45) is 4.99 Å². The second-order valence-electron chi connectivity index (χ2n) is 6.14. The predicted molar refractivity (Wildman–Crippen MR) is 108 cm³/mol. The predicted octanol–water partition coefficient (Wildman–Crippen LogP) is 6.53. The third kappa shape index (κ3) is 4.79. The Morgan fingerprint density at radius 1 is 1.00 bits per heavy atom. The summed E-state index contributed by atoms with van der Waals surface area (Å²) >= 11 is 3.52. The van der Waals surface area contributed by atoms with Gasteiger partial charge in [0.2, 0.25) is 0 Å². The molecule has 0 aliphatic carbocycles. The number of hydrogen-bond donors (Lipinski definition) is 0. The van der Waals surface area contributed by atoms with Crippen molar-refractivity contribution < 1.29 is 9.13 Å². The molecule has 0 N–H and O–H groups in total. The van der Waals surface area contributed by atoms with E-state index in [1.807, 2.05) is 36.5 Å². The molecule has 0 heterocycles. The average molecular weight is 412 g/mol. The number of rotatable bonds is 5. The molecule has 0 saturated carbocycles. The summed E-state index contributed by atoms with van der Waals surface area (Å²) in [6, 6.07) is 18.3. The van der Waals surface area contributed by atoms with E-state index in [2.05, 4.69) is 46.9 Å². The molecule has 0 spiro atoms. The van der Waals surface area contributed by atoms with Crippen LogP contribution in [0.1, 0.15) is 22.3 Å². The molecule has 3 aromatic rings. The lowest BCUT2D eigenvalue weighted by atomic mass is 10.1. The van der Waals surface area contributed by atoms with Gasteiger partial charge in [-0.3, -0.25) is 4.99 Å². The van der Waals surface area contributed by atoms with E-state index < -0.39 is 0 Å². The maximum Gasteiger partial charge on any atom is 0.134 e. The normalized spacial score (nSPS) is 11.1. The van der Waals surface area contributed by atoms with Crippen LogP contribution < -0.4 is 4.74 Å². The van der Waals surface area contributed by atoms with Crippen LogP contribution in [0.2, 0.25) is 0 Å². The number of hydrogen-bond acceptors (Lipinski definition) is 2. The first-order valence-corrected chi connectivity index (χ1v) is 9.09. The molecule has 2 nitrogen and oxygen atoms in total. The standard InChI is InChI=1S/C22H19BrFNO/c1-15-6-8-20(10-16(15)2)25-13-17-7-9-22(21(23)12-17)26-14-18-4-3-5-19(24)11-18/h3-13H,14H2,1-2H3. The summed E-state index contributed by atoms with van der Waals surface area (Å²) in [6.07, 6.45) is 1.82. The van der Waals surface area contributed by atoms with Crippen molar-refractivity contribution in [1.82, 2.24) is 0 Å². The average Bonchev–Trinajstić information content (AvgIpc) is 2.62.